The Balaban J connectivity index is 2.77. The van der Waals surface area contributed by atoms with Gasteiger partial charge in [0.2, 0.25) is 0 Å². The molecule has 0 aliphatic heterocycles. The van der Waals surface area contributed by atoms with Crippen LogP contribution < -0.4 is 14.8 Å². The minimum absolute atomic E-state index is 0.0763. The third-order valence-electron chi connectivity index (χ3n) is 3.25. The topological polar surface area (TPSA) is 84.9 Å². The van der Waals surface area contributed by atoms with Crippen molar-refractivity contribution >= 4 is 11.9 Å². The van der Waals surface area contributed by atoms with Crippen molar-refractivity contribution in [2.75, 3.05) is 19.8 Å². The van der Waals surface area contributed by atoms with Crippen molar-refractivity contribution < 1.29 is 24.2 Å². The van der Waals surface area contributed by atoms with E-state index in [9.17, 15) is 9.59 Å². The first-order valence-electron chi connectivity index (χ1n) is 7.90. The summed E-state index contributed by atoms with van der Waals surface area (Å²) in [5.41, 5.74) is 0.411. The van der Waals surface area contributed by atoms with E-state index in [0.29, 0.717) is 30.3 Å². The van der Waals surface area contributed by atoms with Crippen LogP contribution in [0.3, 0.4) is 0 Å². The van der Waals surface area contributed by atoms with Crippen molar-refractivity contribution in [2.24, 2.45) is 5.92 Å². The van der Waals surface area contributed by atoms with Gasteiger partial charge in [0.1, 0.15) is 0 Å². The first-order chi connectivity index (χ1) is 11.0. The highest BCUT2D eigenvalue weighted by atomic mass is 16.5. The number of rotatable bonds is 10. The van der Waals surface area contributed by atoms with E-state index in [-0.39, 0.29) is 12.5 Å². The Hall–Kier alpha value is -2.24. The number of nitrogens with one attached hydrogen (secondary N) is 1. The number of carboxylic acid groups (broad SMARTS) is 1. The van der Waals surface area contributed by atoms with Gasteiger partial charge in [-0.3, -0.25) is 9.59 Å². The van der Waals surface area contributed by atoms with Gasteiger partial charge in [0, 0.05) is 12.1 Å². The number of carboxylic acids is 1. The van der Waals surface area contributed by atoms with Crippen LogP contribution in [-0.2, 0) is 4.79 Å². The highest BCUT2D eigenvalue weighted by molar-refractivity contribution is 5.95. The van der Waals surface area contributed by atoms with Crippen LogP contribution >= 0.6 is 0 Å². The Bertz CT molecular complexity index is 530. The van der Waals surface area contributed by atoms with E-state index in [2.05, 4.69) is 12.2 Å². The fraction of sp³-hybridized carbons (Fsp3) is 0.529. The lowest BCUT2D eigenvalue weighted by atomic mass is 10.1. The second-order valence-corrected chi connectivity index (χ2v) is 5.25. The van der Waals surface area contributed by atoms with Crippen LogP contribution in [0.2, 0.25) is 0 Å². The molecule has 1 unspecified atom stereocenters. The van der Waals surface area contributed by atoms with Crippen molar-refractivity contribution in [2.45, 2.75) is 33.6 Å². The largest absolute Gasteiger partial charge is 0.490 e. The van der Waals surface area contributed by atoms with Crippen molar-refractivity contribution in [1.82, 2.24) is 5.32 Å². The lowest BCUT2D eigenvalue weighted by molar-refractivity contribution is -0.140. The second kappa shape index (κ2) is 9.71. The molecule has 0 aliphatic rings. The molecule has 0 fully saturated rings. The van der Waals surface area contributed by atoms with E-state index < -0.39 is 11.9 Å². The van der Waals surface area contributed by atoms with Crippen LogP contribution in [-0.4, -0.2) is 36.7 Å². The van der Waals surface area contributed by atoms with Crippen LogP contribution in [0.15, 0.2) is 18.2 Å². The maximum Gasteiger partial charge on any atom is 0.308 e. The van der Waals surface area contributed by atoms with Gasteiger partial charge in [0.15, 0.2) is 11.5 Å². The Morgan fingerprint density at radius 3 is 2.57 bits per heavy atom. The lowest BCUT2D eigenvalue weighted by Gasteiger charge is -2.14. The zero-order chi connectivity index (χ0) is 17.2. The Morgan fingerprint density at radius 2 is 1.96 bits per heavy atom. The van der Waals surface area contributed by atoms with Gasteiger partial charge in [-0.1, -0.05) is 20.3 Å². The number of hydrogen-bond donors (Lipinski definition) is 2. The summed E-state index contributed by atoms with van der Waals surface area (Å²) in [5.74, 6) is -0.792. The molecule has 0 heterocycles. The molecular formula is C17H25NO5. The molecule has 1 rings (SSSR count). The Morgan fingerprint density at radius 1 is 1.22 bits per heavy atom. The lowest BCUT2D eigenvalue weighted by Crippen LogP contribution is -2.31. The molecule has 1 atom stereocenters. The summed E-state index contributed by atoms with van der Waals surface area (Å²) in [6.45, 7) is 6.62. The van der Waals surface area contributed by atoms with Crippen LogP contribution in [0, 0.1) is 5.92 Å². The number of aliphatic carboxylic acids is 1. The van der Waals surface area contributed by atoms with E-state index in [0.717, 1.165) is 12.8 Å². The third-order valence-corrected chi connectivity index (χ3v) is 3.25. The Kier molecular flexibility index (Phi) is 7.94. The van der Waals surface area contributed by atoms with E-state index in [1.807, 2.05) is 6.92 Å². The number of benzene rings is 1. The molecule has 0 saturated heterocycles. The molecule has 0 aliphatic carbocycles. The summed E-state index contributed by atoms with van der Waals surface area (Å²) >= 11 is 0. The summed E-state index contributed by atoms with van der Waals surface area (Å²) in [6, 6.07) is 4.96. The molecule has 6 nitrogen and oxygen atoms in total. The number of carbonyl (C=O) groups excluding carboxylic acids is 1. The molecule has 2 N–H and O–H groups in total. The number of ether oxygens (including phenoxy) is 2. The average Bonchev–Trinajstić information content (AvgIpc) is 2.53. The Labute approximate surface area is 136 Å². The molecule has 1 aromatic carbocycles. The molecule has 128 valence electrons. The monoisotopic (exact) mass is 323 g/mol. The van der Waals surface area contributed by atoms with Crippen molar-refractivity contribution in [1.29, 1.82) is 0 Å². The fourth-order valence-electron chi connectivity index (χ4n) is 1.80. The fourth-order valence-corrected chi connectivity index (χ4v) is 1.80. The van der Waals surface area contributed by atoms with Gasteiger partial charge >= 0.3 is 5.97 Å². The van der Waals surface area contributed by atoms with Gasteiger partial charge in [-0.2, -0.15) is 0 Å². The molecule has 1 aromatic rings. The van der Waals surface area contributed by atoms with Crippen molar-refractivity contribution in [3.8, 4) is 11.5 Å². The zero-order valence-corrected chi connectivity index (χ0v) is 13.9. The normalized spacial score (nSPS) is 11.6. The van der Waals surface area contributed by atoms with Gasteiger partial charge in [-0.15, -0.1) is 0 Å². The molecular weight excluding hydrogens is 298 g/mol. The maximum absolute atomic E-state index is 12.1. The average molecular weight is 323 g/mol. The molecule has 0 radical (unpaired) electrons. The van der Waals surface area contributed by atoms with Crippen molar-refractivity contribution in [3.63, 3.8) is 0 Å². The van der Waals surface area contributed by atoms with Gasteiger partial charge < -0.3 is 19.9 Å². The highest BCUT2D eigenvalue weighted by Crippen LogP contribution is 2.28. The SMILES string of the molecule is CCCCOc1ccc(C(=O)NCC(C)C(=O)O)cc1OCC. The predicted molar refractivity (Wildman–Crippen MR) is 87.1 cm³/mol. The molecule has 0 bridgehead atoms. The summed E-state index contributed by atoms with van der Waals surface area (Å²) in [7, 11) is 0. The summed E-state index contributed by atoms with van der Waals surface area (Å²) in [4.78, 5) is 22.9. The first kappa shape index (κ1) is 18.8. The summed E-state index contributed by atoms with van der Waals surface area (Å²) in [5, 5.41) is 11.4. The molecule has 0 spiro atoms. The molecule has 1 amide bonds. The van der Waals surface area contributed by atoms with E-state index in [4.69, 9.17) is 14.6 Å². The van der Waals surface area contributed by atoms with Gasteiger partial charge in [0.25, 0.3) is 5.91 Å². The molecule has 23 heavy (non-hydrogen) atoms. The standard InChI is InChI=1S/C17H25NO5/c1-4-6-9-23-14-8-7-13(10-15(14)22-5-2)16(19)18-11-12(3)17(20)21/h7-8,10,12H,4-6,9,11H2,1-3H3,(H,18,19)(H,20,21). The minimum Gasteiger partial charge on any atom is -0.490 e. The van der Waals surface area contributed by atoms with E-state index in [1.165, 1.54) is 0 Å². The first-order valence-corrected chi connectivity index (χ1v) is 7.90. The summed E-state index contributed by atoms with van der Waals surface area (Å²) < 4.78 is 11.2. The van der Waals surface area contributed by atoms with E-state index >= 15 is 0 Å². The zero-order valence-electron chi connectivity index (χ0n) is 13.9. The van der Waals surface area contributed by atoms with Gasteiger partial charge in [0.05, 0.1) is 19.1 Å². The maximum atomic E-state index is 12.1. The molecule has 0 aromatic heterocycles. The second-order valence-electron chi connectivity index (χ2n) is 5.25. The van der Waals surface area contributed by atoms with Gasteiger partial charge in [-0.05, 0) is 31.5 Å². The van der Waals surface area contributed by atoms with Crippen molar-refractivity contribution in [3.05, 3.63) is 23.8 Å². The van der Waals surface area contributed by atoms with E-state index in [1.54, 1.807) is 25.1 Å². The minimum atomic E-state index is -0.944. The quantitative estimate of drug-likeness (QED) is 0.647. The predicted octanol–water partition coefficient (Wildman–Crippen LogP) is 2.71. The van der Waals surface area contributed by atoms with Crippen LogP contribution in [0.5, 0.6) is 11.5 Å². The third kappa shape index (κ3) is 6.18. The van der Waals surface area contributed by atoms with Crippen LogP contribution in [0.4, 0.5) is 0 Å². The summed E-state index contributed by atoms with van der Waals surface area (Å²) in [6.07, 6.45) is 1.98. The van der Waals surface area contributed by atoms with Gasteiger partial charge in [-0.25, -0.2) is 0 Å². The van der Waals surface area contributed by atoms with Crippen LogP contribution in [0.1, 0.15) is 44.0 Å². The molecule has 0 saturated carbocycles. The number of amides is 1. The van der Waals surface area contributed by atoms with Crippen LogP contribution in [0.25, 0.3) is 0 Å². The number of hydrogen-bond acceptors (Lipinski definition) is 4. The smallest absolute Gasteiger partial charge is 0.308 e. The number of carbonyl (C=O) groups is 2. The number of unbranched alkanes of at least 4 members (excludes halogenated alkanes) is 1. The highest BCUT2D eigenvalue weighted by Gasteiger charge is 2.15. The molecule has 6 heteroatoms.